The highest BCUT2D eigenvalue weighted by Crippen LogP contribution is 2.27. The average Bonchev–Trinajstić information content (AvgIpc) is 2.72. The van der Waals surface area contributed by atoms with E-state index in [9.17, 15) is 0 Å². The lowest BCUT2D eigenvalue weighted by Crippen LogP contribution is -2.16. The quantitative estimate of drug-likeness (QED) is 0.737. The molecule has 1 N–H and O–H groups in total. The lowest BCUT2D eigenvalue weighted by Gasteiger charge is -2.18. The topological polar surface area (TPSA) is 29.9 Å². The van der Waals surface area contributed by atoms with Crippen molar-refractivity contribution in [1.82, 2.24) is 15.1 Å². The Kier molecular flexibility index (Phi) is 2.36. The van der Waals surface area contributed by atoms with Crippen molar-refractivity contribution in [2.24, 2.45) is 13.0 Å². The highest BCUT2D eigenvalue weighted by Gasteiger charge is 2.23. The van der Waals surface area contributed by atoms with Crippen molar-refractivity contribution in [2.45, 2.75) is 19.3 Å². The zero-order chi connectivity index (χ0) is 9.26. The molecular formula is C10H17N3. The van der Waals surface area contributed by atoms with Crippen molar-refractivity contribution in [3.8, 4) is 0 Å². The summed E-state index contributed by atoms with van der Waals surface area (Å²) >= 11 is 0. The molecule has 13 heavy (non-hydrogen) atoms. The van der Waals surface area contributed by atoms with E-state index in [1.165, 1.54) is 18.7 Å². The van der Waals surface area contributed by atoms with Crippen LogP contribution in [0.25, 0.3) is 0 Å². The van der Waals surface area contributed by atoms with E-state index in [0.717, 1.165) is 12.5 Å². The molecule has 0 saturated carbocycles. The molecule has 1 aliphatic rings. The van der Waals surface area contributed by atoms with Gasteiger partial charge in [-0.15, -0.1) is 0 Å². The first kappa shape index (κ1) is 8.75. The number of nitrogens with zero attached hydrogens (tertiary/aromatic N) is 2. The number of nitrogens with one attached hydrogen (secondary N) is 1. The summed E-state index contributed by atoms with van der Waals surface area (Å²) in [4.78, 5) is 0. The maximum absolute atomic E-state index is 4.21. The Balaban J connectivity index is 2.12. The van der Waals surface area contributed by atoms with Crippen molar-refractivity contribution in [2.75, 3.05) is 13.1 Å². The molecule has 2 heterocycles. The third-order valence-electron chi connectivity index (χ3n) is 3.13. The molecule has 0 aliphatic carbocycles. The Bertz CT molecular complexity index is 273. The van der Waals surface area contributed by atoms with E-state index in [2.05, 4.69) is 23.4 Å². The van der Waals surface area contributed by atoms with Gasteiger partial charge in [0.05, 0.1) is 0 Å². The monoisotopic (exact) mass is 179 g/mol. The van der Waals surface area contributed by atoms with Crippen molar-refractivity contribution in [3.05, 3.63) is 18.0 Å². The first-order chi connectivity index (χ1) is 6.29. The van der Waals surface area contributed by atoms with Crippen LogP contribution in [0.1, 0.15) is 25.0 Å². The van der Waals surface area contributed by atoms with Crippen LogP contribution in [0.3, 0.4) is 0 Å². The molecule has 1 aliphatic heterocycles. The van der Waals surface area contributed by atoms with Gasteiger partial charge in [0.2, 0.25) is 0 Å². The normalized spacial score (nSPS) is 24.9. The van der Waals surface area contributed by atoms with Gasteiger partial charge in [-0.2, -0.15) is 5.10 Å². The predicted octanol–water partition coefficient (Wildman–Crippen LogP) is 1.13. The van der Waals surface area contributed by atoms with E-state index in [0.29, 0.717) is 5.92 Å². The summed E-state index contributed by atoms with van der Waals surface area (Å²) in [5.41, 5.74) is 1.36. The van der Waals surface area contributed by atoms with Crippen LogP contribution in [-0.4, -0.2) is 22.9 Å². The van der Waals surface area contributed by atoms with Gasteiger partial charge in [0.25, 0.3) is 0 Å². The summed E-state index contributed by atoms with van der Waals surface area (Å²) < 4.78 is 1.99. The SMILES string of the molecule is CC(c1ccnn1C)C1CCNC1. The predicted molar refractivity (Wildman–Crippen MR) is 52.6 cm³/mol. The van der Waals surface area contributed by atoms with Crippen LogP contribution in [0.4, 0.5) is 0 Å². The highest BCUT2D eigenvalue weighted by molar-refractivity contribution is 5.08. The lowest BCUT2D eigenvalue weighted by molar-refractivity contribution is 0.461. The second-order valence-corrected chi connectivity index (χ2v) is 3.92. The molecule has 2 rings (SSSR count). The van der Waals surface area contributed by atoms with Crippen molar-refractivity contribution < 1.29 is 0 Å². The summed E-state index contributed by atoms with van der Waals surface area (Å²) in [6.45, 7) is 4.63. The van der Waals surface area contributed by atoms with Crippen molar-refractivity contribution in [3.63, 3.8) is 0 Å². The zero-order valence-corrected chi connectivity index (χ0v) is 8.33. The van der Waals surface area contributed by atoms with Crippen molar-refractivity contribution in [1.29, 1.82) is 0 Å². The van der Waals surface area contributed by atoms with E-state index in [1.807, 2.05) is 17.9 Å². The minimum Gasteiger partial charge on any atom is -0.316 e. The van der Waals surface area contributed by atoms with Gasteiger partial charge >= 0.3 is 0 Å². The van der Waals surface area contributed by atoms with E-state index in [-0.39, 0.29) is 0 Å². The zero-order valence-electron chi connectivity index (χ0n) is 8.33. The van der Waals surface area contributed by atoms with Gasteiger partial charge in [-0.05, 0) is 31.5 Å². The van der Waals surface area contributed by atoms with Crippen LogP contribution < -0.4 is 5.32 Å². The molecule has 2 atom stereocenters. The summed E-state index contributed by atoms with van der Waals surface area (Å²) in [6.07, 6.45) is 3.18. The maximum atomic E-state index is 4.21. The first-order valence-electron chi connectivity index (χ1n) is 4.97. The third kappa shape index (κ3) is 1.61. The third-order valence-corrected chi connectivity index (χ3v) is 3.13. The summed E-state index contributed by atoms with van der Waals surface area (Å²) in [7, 11) is 2.02. The smallest absolute Gasteiger partial charge is 0.0492 e. The number of aromatic nitrogens is 2. The Morgan fingerprint density at radius 2 is 2.54 bits per heavy atom. The number of hydrogen-bond acceptors (Lipinski definition) is 2. The summed E-state index contributed by atoms with van der Waals surface area (Å²) in [5, 5.41) is 7.61. The van der Waals surface area contributed by atoms with Gasteiger partial charge in [0.15, 0.2) is 0 Å². The molecule has 0 amide bonds. The molecule has 3 nitrogen and oxygen atoms in total. The molecule has 0 bridgehead atoms. The van der Waals surface area contributed by atoms with Gasteiger partial charge in [-0.1, -0.05) is 6.92 Å². The number of hydrogen-bond donors (Lipinski definition) is 1. The van der Waals surface area contributed by atoms with Crippen LogP contribution >= 0.6 is 0 Å². The van der Waals surface area contributed by atoms with E-state index >= 15 is 0 Å². The molecule has 2 unspecified atom stereocenters. The molecule has 72 valence electrons. The van der Waals surface area contributed by atoms with E-state index in [1.54, 1.807) is 0 Å². The second kappa shape index (κ2) is 3.50. The van der Waals surface area contributed by atoms with Crippen LogP contribution in [0.2, 0.25) is 0 Å². The Hall–Kier alpha value is -0.830. The summed E-state index contributed by atoms with van der Waals surface area (Å²) in [6, 6.07) is 2.13. The Morgan fingerprint density at radius 3 is 3.08 bits per heavy atom. The lowest BCUT2D eigenvalue weighted by atomic mass is 9.90. The van der Waals surface area contributed by atoms with Gasteiger partial charge < -0.3 is 5.32 Å². The van der Waals surface area contributed by atoms with Crippen LogP contribution in [0.5, 0.6) is 0 Å². The molecule has 1 saturated heterocycles. The minimum absolute atomic E-state index is 0.627. The van der Waals surface area contributed by atoms with Crippen LogP contribution in [-0.2, 0) is 7.05 Å². The minimum atomic E-state index is 0.627. The fraction of sp³-hybridized carbons (Fsp3) is 0.700. The molecule has 0 aromatic carbocycles. The maximum Gasteiger partial charge on any atom is 0.0492 e. The standard InChI is InChI=1S/C10H17N3/c1-8(9-3-5-11-7-9)10-4-6-12-13(10)2/h4,6,8-9,11H,3,5,7H2,1-2H3. The summed E-state index contributed by atoms with van der Waals surface area (Å²) in [5.74, 6) is 1.41. The number of rotatable bonds is 2. The van der Waals surface area contributed by atoms with Crippen LogP contribution in [0.15, 0.2) is 12.3 Å². The fourth-order valence-corrected chi connectivity index (χ4v) is 2.18. The van der Waals surface area contributed by atoms with Gasteiger partial charge in [-0.25, -0.2) is 0 Å². The Morgan fingerprint density at radius 1 is 1.69 bits per heavy atom. The Labute approximate surface area is 79.1 Å². The molecule has 0 radical (unpaired) electrons. The molecule has 3 heteroatoms. The largest absolute Gasteiger partial charge is 0.316 e. The van der Waals surface area contributed by atoms with Gasteiger partial charge in [0.1, 0.15) is 0 Å². The van der Waals surface area contributed by atoms with Crippen LogP contribution in [0, 0.1) is 5.92 Å². The number of aryl methyl sites for hydroxylation is 1. The second-order valence-electron chi connectivity index (χ2n) is 3.92. The highest BCUT2D eigenvalue weighted by atomic mass is 15.3. The molecular weight excluding hydrogens is 162 g/mol. The molecule has 1 aromatic heterocycles. The molecule has 1 fully saturated rings. The van der Waals surface area contributed by atoms with E-state index in [4.69, 9.17) is 0 Å². The molecule has 0 spiro atoms. The van der Waals surface area contributed by atoms with E-state index < -0.39 is 0 Å². The molecule has 1 aromatic rings. The van der Waals surface area contributed by atoms with Crippen molar-refractivity contribution >= 4 is 0 Å². The fourth-order valence-electron chi connectivity index (χ4n) is 2.18. The first-order valence-corrected chi connectivity index (χ1v) is 4.97. The van der Waals surface area contributed by atoms with Gasteiger partial charge in [-0.3, -0.25) is 4.68 Å². The average molecular weight is 179 g/mol. The van der Waals surface area contributed by atoms with Gasteiger partial charge in [0, 0.05) is 24.9 Å².